The maximum absolute atomic E-state index is 13.7. The molecule has 1 aliphatic rings. The highest BCUT2D eigenvalue weighted by molar-refractivity contribution is 7.91. The summed E-state index contributed by atoms with van der Waals surface area (Å²) in [5, 5.41) is 9.98. The van der Waals surface area contributed by atoms with Crippen molar-refractivity contribution in [2.75, 3.05) is 11.5 Å². The van der Waals surface area contributed by atoms with Crippen LogP contribution in [-0.4, -0.2) is 25.0 Å². The quantitative estimate of drug-likeness (QED) is 0.895. The molecule has 2 rings (SSSR count). The van der Waals surface area contributed by atoms with Gasteiger partial charge < -0.3 is 5.11 Å². The normalized spacial score (nSPS) is 24.1. The lowest BCUT2D eigenvalue weighted by Crippen LogP contribution is -2.16. The van der Waals surface area contributed by atoms with Crippen LogP contribution in [0.4, 0.5) is 8.78 Å². The molecule has 0 aromatic heterocycles. The fourth-order valence-electron chi connectivity index (χ4n) is 2.22. The number of hydrogen-bond donors (Lipinski definition) is 1. The number of rotatable bonds is 2. The first-order valence-electron chi connectivity index (χ1n) is 5.64. The van der Waals surface area contributed by atoms with Crippen LogP contribution in [0, 0.1) is 24.5 Å². The second-order valence-electron chi connectivity index (χ2n) is 4.73. The number of halogens is 2. The highest BCUT2D eigenvalue weighted by atomic mass is 32.2. The van der Waals surface area contributed by atoms with Gasteiger partial charge in [-0.3, -0.25) is 0 Å². The molecule has 1 heterocycles. The fraction of sp³-hybridized carbons (Fsp3) is 0.500. The van der Waals surface area contributed by atoms with Gasteiger partial charge in [-0.05, 0) is 31.0 Å². The lowest BCUT2D eigenvalue weighted by Gasteiger charge is -2.18. The zero-order valence-electron chi connectivity index (χ0n) is 9.86. The smallest absolute Gasteiger partial charge is 0.150 e. The summed E-state index contributed by atoms with van der Waals surface area (Å²) < 4.78 is 49.6. The first-order chi connectivity index (χ1) is 8.30. The van der Waals surface area contributed by atoms with Gasteiger partial charge >= 0.3 is 0 Å². The van der Waals surface area contributed by atoms with Crippen molar-refractivity contribution in [3.63, 3.8) is 0 Å². The highest BCUT2D eigenvalue weighted by Gasteiger charge is 2.34. The van der Waals surface area contributed by atoms with Crippen molar-refractivity contribution in [2.24, 2.45) is 5.92 Å². The minimum absolute atomic E-state index is 0.00924. The molecule has 0 aliphatic carbocycles. The SMILES string of the molecule is Cc1cc(F)c(C(O)C2CCS(=O)(=O)C2)cc1F. The van der Waals surface area contributed by atoms with Crippen LogP contribution >= 0.6 is 0 Å². The molecule has 1 aromatic rings. The molecule has 1 aliphatic heterocycles. The molecule has 1 aromatic carbocycles. The lowest BCUT2D eigenvalue weighted by molar-refractivity contribution is 0.116. The molecule has 0 amide bonds. The Morgan fingerprint density at radius 1 is 1.33 bits per heavy atom. The molecule has 18 heavy (non-hydrogen) atoms. The Hall–Kier alpha value is -1.01. The lowest BCUT2D eigenvalue weighted by atomic mass is 9.94. The van der Waals surface area contributed by atoms with Crippen LogP contribution in [-0.2, 0) is 9.84 Å². The summed E-state index contributed by atoms with van der Waals surface area (Å²) in [6.45, 7) is 1.43. The first-order valence-corrected chi connectivity index (χ1v) is 7.46. The summed E-state index contributed by atoms with van der Waals surface area (Å²) >= 11 is 0. The molecule has 0 bridgehead atoms. The van der Waals surface area contributed by atoms with Crippen molar-refractivity contribution < 1.29 is 22.3 Å². The Morgan fingerprint density at radius 2 is 2.00 bits per heavy atom. The average Bonchev–Trinajstić information content (AvgIpc) is 2.63. The predicted molar refractivity (Wildman–Crippen MR) is 62.8 cm³/mol. The average molecular weight is 276 g/mol. The van der Waals surface area contributed by atoms with Crippen molar-refractivity contribution in [3.8, 4) is 0 Å². The molecule has 1 N–H and O–H groups in total. The van der Waals surface area contributed by atoms with Gasteiger partial charge in [0, 0.05) is 11.5 Å². The number of aliphatic hydroxyl groups is 1. The van der Waals surface area contributed by atoms with Gasteiger partial charge in [0.05, 0.1) is 17.6 Å². The minimum atomic E-state index is -3.16. The van der Waals surface area contributed by atoms with Gasteiger partial charge in [0.2, 0.25) is 0 Å². The minimum Gasteiger partial charge on any atom is -0.388 e. The van der Waals surface area contributed by atoms with E-state index < -0.39 is 33.5 Å². The number of benzene rings is 1. The third kappa shape index (κ3) is 2.54. The van der Waals surface area contributed by atoms with Crippen LogP contribution in [0.5, 0.6) is 0 Å². The van der Waals surface area contributed by atoms with Crippen molar-refractivity contribution in [1.29, 1.82) is 0 Å². The zero-order chi connectivity index (χ0) is 13.5. The third-order valence-electron chi connectivity index (χ3n) is 3.31. The summed E-state index contributed by atoms with van der Waals surface area (Å²) in [7, 11) is -3.16. The van der Waals surface area contributed by atoms with Crippen LogP contribution in [0.2, 0.25) is 0 Å². The van der Waals surface area contributed by atoms with E-state index in [9.17, 15) is 22.3 Å². The van der Waals surface area contributed by atoms with Crippen molar-refractivity contribution in [2.45, 2.75) is 19.4 Å². The Balaban J connectivity index is 2.30. The second-order valence-corrected chi connectivity index (χ2v) is 6.96. The van der Waals surface area contributed by atoms with E-state index in [1.54, 1.807) is 0 Å². The Kier molecular flexibility index (Phi) is 3.42. The van der Waals surface area contributed by atoms with Crippen LogP contribution in [0.1, 0.15) is 23.7 Å². The maximum Gasteiger partial charge on any atom is 0.150 e. The van der Waals surface area contributed by atoms with Crippen LogP contribution in [0.25, 0.3) is 0 Å². The monoisotopic (exact) mass is 276 g/mol. The molecule has 2 atom stereocenters. The van der Waals surface area contributed by atoms with Gasteiger partial charge in [0.25, 0.3) is 0 Å². The van der Waals surface area contributed by atoms with E-state index in [2.05, 4.69) is 0 Å². The van der Waals surface area contributed by atoms with Crippen LogP contribution in [0.3, 0.4) is 0 Å². The van der Waals surface area contributed by atoms with Gasteiger partial charge in [-0.15, -0.1) is 0 Å². The van der Waals surface area contributed by atoms with Gasteiger partial charge in [0.1, 0.15) is 11.6 Å². The maximum atomic E-state index is 13.7. The summed E-state index contributed by atoms with van der Waals surface area (Å²) in [6, 6.07) is 1.96. The van der Waals surface area contributed by atoms with E-state index in [0.717, 1.165) is 12.1 Å². The molecule has 1 saturated heterocycles. The molecular weight excluding hydrogens is 262 g/mol. The fourth-order valence-corrected chi connectivity index (χ4v) is 4.04. The van der Waals surface area contributed by atoms with Gasteiger partial charge in [0.15, 0.2) is 9.84 Å². The van der Waals surface area contributed by atoms with E-state index in [1.807, 2.05) is 0 Å². The summed E-state index contributed by atoms with van der Waals surface area (Å²) in [5.41, 5.74) is -0.0114. The van der Waals surface area contributed by atoms with Crippen LogP contribution in [0.15, 0.2) is 12.1 Å². The second kappa shape index (κ2) is 4.59. The Morgan fingerprint density at radius 3 is 2.56 bits per heavy atom. The predicted octanol–water partition coefficient (Wildman–Crippen LogP) is 1.74. The summed E-state index contributed by atoms with van der Waals surface area (Å²) in [6.07, 6.45) is -1.00. The molecule has 6 heteroatoms. The van der Waals surface area contributed by atoms with E-state index in [1.165, 1.54) is 6.92 Å². The number of hydrogen-bond acceptors (Lipinski definition) is 3. The zero-order valence-corrected chi connectivity index (χ0v) is 10.7. The summed E-state index contributed by atoms with van der Waals surface area (Å²) in [5.74, 6) is -2.06. The first kappa shape index (κ1) is 13.4. The molecule has 2 unspecified atom stereocenters. The van der Waals surface area contributed by atoms with E-state index in [-0.39, 0.29) is 29.1 Å². The molecule has 3 nitrogen and oxygen atoms in total. The van der Waals surface area contributed by atoms with E-state index in [0.29, 0.717) is 0 Å². The molecule has 0 saturated carbocycles. The number of aliphatic hydroxyl groups excluding tert-OH is 1. The molecule has 0 radical (unpaired) electrons. The number of aryl methyl sites for hydroxylation is 1. The largest absolute Gasteiger partial charge is 0.388 e. The topological polar surface area (TPSA) is 54.4 Å². The number of sulfone groups is 1. The third-order valence-corrected chi connectivity index (χ3v) is 5.10. The van der Waals surface area contributed by atoms with Crippen molar-refractivity contribution >= 4 is 9.84 Å². The molecular formula is C12H14F2O3S. The highest BCUT2D eigenvalue weighted by Crippen LogP contribution is 2.33. The van der Waals surface area contributed by atoms with Crippen molar-refractivity contribution in [1.82, 2.24) is 0 Å². The van der Waals surface area contributed by atoms with E-state index >= 15 is 0 Å². The van der Waals surface area contributed by atoms with Crippen LogP contribution < -0.4 is 0 Å². The summed E-state index contributed by atoms with van der Waals surface area (Å²) in [4.78, 5) is 0. The van der Waals surface area contributed by atoms with Crippen molar-refractivity contribution in [3.05, 3.63) is 34.9 Å². The van der Waals surface area contributed by atoms with Gasteiger partial charge in [-0.1, -0.05) is 0 Å². The van der Waals surface area contributed by atoms with Gasteiger partial charge in [-0.2, -0.15) is 0 Å². The van der Waals surface area contributed by atoms with Gasteiger partial charge in [-0.25, -0.2) is 17.2 Å². The Labute approximate surface area is 104 Å². The molecule has 0 spiro atoms. The van der Waals surface area contributed by atoms with E-state index in [4.69, 9.17) is 0 Å². The molecule has 100 valence electrons. The molecule has 1 fully saturated rings. The Bertz CT molecular complexity index is 569. The standard InChI is InChI=1S/C12H14F2O3S/c1-7-4-11(14)9(5-10(7)13)12(15)8-2-3-18(16,17)6-8/h4-5,8,12,15H,2-3,6H2,1H3.